The van der Waals surface area contributed by atoms with Gasteiger partial charge in [0.2, 0.25) is 0 Å². The van der Waals surface area contributed by atoms with Gasteiger partial charge in [-0.15, -0.1) is 0 Å². The average molecular weight is 469 g/mol. The Labute approximate surface area is 205 Å². The van der Waals surface area contributed by atoms with Gasteiger partial charge in [0.05, 0.1) is 11.8 Å². The first-order chi connectivity index (χ1) is 17.1. The molecule has 0 spiro atoms. The van der Waals surface area contributed by atoms with Crippen LogP contribution in [0.2, 0.25) is 0 Å². The van der Waals surface area contributed by atoms with Crippen LogP contribution in [-0.2, 0) is 9.53 Å². The van der Waals surface area contributed by atoms with E-state index in [1.54, 1.807) is 16.8 Å². The van der Waals surface area contributed by atoms with Gasteiger partial charge in [-0.1, -0.05) is 30.9 Å². The number of rotatable bonds is 9. The molecule has 1 N–H and O–H groups in total. The fourth-order valence-electron chi connectivity index (χ4n) is 3.97. The van der Waals surface area contributed by atoms with Crippen molar-refractivity contribution in [1.82, 2.24) is 15.1 Å². The summed E-state index contributed by atoms with van der Waals surface area (Å²) in [6.45, 7) is 7.17. The van der Waals surface area contributed by atoms with Crippen LogP contribution in [0.3, 0.4) is 0 Å². The lowest BCUT2D eigenvalue weighted by molar-refractivity contribution is -0.117. The molecule has 1 fully saturated rings. The second-order valence-corrected chi connectivity index (χ2v) is 8.30. The predicted molar refractivity (Wildman–Crippen MR) is 135 cm³/mol. The van der Waals surface area contributed by atoms with Gasteiger partial charge in [-0.3, -0.25) is 4.79 Å². The zero-order valence-electron chi connectivity index (χ0n) is 19.7. The average Bonchev–Trinajstić information content (AvgIpc) is 3.55. The number of hydrogen-bond acceptors (Lipinski definition) is 5. The minimum absolute atomic E-state index is 0.000225. The van der Waals surface area contributed by atoms with Gasteiger partial charge in [0.1, 0.15) is 29.7 Å². The number of aromatic nitrogens is 2. The van der Waals surface area contributed by atoms with Gasteiger partial charge in [-0.05, 0) is 61.7 Å². The first kappa shape index (κ1) is 24.0. The van der Waals surface area contributed by atoms with E-state index in [9.17, 15) is 10.1 Å². The minimum atomic E-state index is -0.425. The number of carbonyl (C=O) groups excluding carboxylic acids is 1. The lowest BCUT2D eigenvalue weighted by atomic mass is 10.0. The number of amides is 1. The number of benzene rings is 2. The molecular formula is C28H28N4O3. The first-order valence-electron chi connectivity index (χ1n) is 11.6. The normalized spacial score (nSPS) is 15.4. The fourth-order valence-corrected chi connectivity index (χ4v) is 3.97. The maximum atomic E-state index is 12.8. The van der Waals surface area contributed by atoms with E-state index in [2.05, 4.69) is 11.9 Å². The van der Waals surface area contributed by atoms with Crippen molar-refractivity contribution in [3.63, 3.8) is 0 Å². The Morgan fingerprint density at radius 3 is 2.86 bits per heavy atom. The van der Waals surface area contributed by atoms with Gasteiger partial charge in [-0.2, -0.15) is 10.4 Å². The van der Waals surface area contributed by atoms with Crippen LogP contribution in [0.25, 0.3) is 23.0 Å². The molecule has 3 aromatic rings. The Hall–Kier alpha value is -4.15. The van der Waals surface area contributed by atoms with Gasteiger partial charge in [0.25, 0.3) is 5.91 Å². The van der Waals surface area contributed by atoms with Crippen molar-refractivity contribution in [2.45, 2.75) is 25.9 Å². The number of carbonyl (C=O) groups is 1. The summed E-state index contributed by atoms with van der Waals surface area (Å²) in [7, 11) is 0. The summed E-state index contributed by atoms with van der Waals surface area (Å²) in [4.78, 5) is 12.8. The number of nitrogens with zero attached hydrogens (tertiary/aromatic N) is 3. The van der Waals surface area contributed by atoms with E-state index in [1.165, 1.54) is 0 Å². The lowest BCUT2D eigenvalue weighted by Gasteiger charge is -2.10. The molecule has 0 bridgehead atoms. The summed E-state index contributed by atoms with van der Waals surface area (Å²) in [5.41, 5.74) is 4.07. The number of aryl methyl sites for hydroxylation is 1. The Kier molecular flexibility index (Phi) is 7.76. The van der Waals surface area contributed by atoms with Crippen molar-refractivity contribution in [2.24, 2.45) is 0 Å². The molecule has 2 heterocycles. The van der Waals surface area contributed by atoms with Gasteiger partial charge in [0, 0.05) is 30.5 Å². The third-order valence-electron chi connectivity index (χ3n) is 5.76. The molecule has 7 heteroatoms. The molecule has 1 aliphatic heterocycles. The number of ether oxygens (including phenoxy) is 2. The van der Waals surface area contributed by atoms with E-state index in [-0.39, 0.29) is 11.7 Å². The largest absolute Gasteiger partial charge is 0.490 e. The van der Waals surface area contributed by atoms with Crippen molar-refractivity contribution in [1.29, 1.82) is 5.26 Å². The van der Waals surface area contributed by atoms with Gasteiger partial charge < -0.3 is 14.8 Å². The molecule has 35 heavy (non-hydrogen) atoms. The van der Waals surface area contributed by atoms with E-state index in [0.717, 1.165) is 35.4 Å². The van der Waals surface area contributed by atoms with Crippen LogP contribution in [0.5, 0.6) is 5.75 Å². The summed E-state index contributed by atoms with van der Waals surface area (Å²) in [5.74, 6) is 0.309. The van der Waals surface area contributed by atoms with E-state index in [1.807, 2.05) is 67.7 Å². The second-order valence-electron chi connectivity index (χ2n) is 8.30. The third kappa shape index (κ3) is 5.86. The number of hydrogen-bond donors (Lipinski definition) is 1. The summed E-state index contributed by atoms with van der Waals surface area (Å²) in [5, 5.41) is 17.4. The summed E-state index contributed by atoms with van der Waals surface area (Å²) in [6.07, 6.45) is 7.01. The SMILES string of the molecule is C=CCOc1ccc(-c2nn(-c3ccccc3)cc2C=C(C#N)C(=O)NCC2CCCO2)c(C)c1. The second kappa shape index (κ2) is 11.3. The van der Waals surface area contributed by atoms with Crippen LogP contribution in [0.1, 0.15) is 24.0 Å². The van der Waals surface area contributed by atoms with Crippen LogP contribution in [0, 0.1) is 18.3 Å². The van der Waals surface area contributed by atoms with Crippen LogP contribution in [0.15, 0.2) is 73.0 Å². The topological polar surface area (TPSA) is 89.2 Å². The fraction of sp³-hybridized carbons (Fsp3) is 0.250. The van der Waals surface area contributed by atoms with Crippen LogP contribution < -0.4 is 10.1 Å². The highest BCUT2D eigenvalue weighted by Crippen LogP contribution is 2.30. The highest BCUT2D eigenvalue weighted by atomic mass is 16.5. The standard InChI is InChI=1S/C28H28N4O3/c1-3-13-34-24-11-12-26(20(2)15-24)27-22(19-32(31-27)23-8-5-4-6-9-23)16-21(17-29)28(33)30-18-25-10-7-14-35-25/h3-6,8-9,11-12,15-16,19,25H,1,7,10,13-14,18H2,2H3,(H,30,33). The van der Waals surface area contributed by atoms with Crippen LogP contribution in [0.4, 0.5) is 0 Å². The van der Waals surface area contributed by atoms with E-state index < -0.39 is 5.91 Å². The Balaban J connectivity index is 1.69. The van der Waals surface area contributed by atoms with E-state index >= 15 is 0 Å². The summed E-state index contributed by atoms with van der Waals surface area (Å²) in [6, 6.07) is 17.5. The Bertz CT molecular complexity index is 1270. The molecule has 1 aromatic heterocycles. The predicted octanol–water partition coefficient (Wildman–Crippen LogP) is 4.61. The molecule has 178 valence electrons. The quantitative estimate of drug-likeness (QED) is 0.281. The smallest absolute Gasteiger partial charge is 0.262 e. The zero-order chi connectivity index (χ0) is 24.6. The maximum absolute atomic E-state index is 12.8. The van der Waals surface area contributed by atoms with Crippen molar-refractivity contribution in [2.75, 3.05) is 19.8 Å². The Morgan fingerprint density at radius 1 is 1.34 bits per heavy atom. The number of para-hydroxylation sites is 1. The highest BCUT2D eigenvalue weighted by molar-refractivity contribution is 6.02. The summed E-state index contributed by atoms with van der Waals surface area (Å²) >= 11 is 0. The van der Waals surface area contributed by atoms with Crippen LogP contribution in [-0.4, -0.2) is 41.6 Å². The van der Waals surface area contributed by atoms with Crippen molar-refractivity contribution in [3.05, 3.63) is 84.1 Å². The third-order valence-corrected chi connectivity index (χ3v) is 5.76. The van der Waals surface area contributed by atoms with Crippen LogP contribution >= 0.6 is 0 Å². The molecule has 1 unspecified atom stereocenters. The molecule has 0 saturated carbocycles. The molecule has 1 amide bonds. The maximum Gasteiger partial charge on any atom is 0.262 e. The molecule has 1 atom stereocenters. The highest BCUT2D eigenvalue weighted by Gasteiger charge is 2.19. The van der Waals surface area contributed by atoms with Gasteiger partial charge in [-0.25, -0.2) is 4.68 Å². The Morgan fingerprint density at radius 2 is 2.17 bits per heavy atom. The first-order valence-corrected chi connectivity index (χ1v) is 11.6. The molecule has 4 rings (SSSR count). The number of nitriles is 1. The molecule has 1 saturated heterocycles. The van der Waals surface area contributed by atoms with Crippen molar-refractivity contribution >= 4 is 12.0 Å². The lowest BCUT2D eigenvalue weighted by Crippen LogP contribution is -2.32. The van der Waals surface area contributed by atoms with E-state index in [0.29, 0.717) is 31.0 Å². The van der Waals surface area contributed by atoms with Crippen molar-refractivity contribution in [3.8, 4) is 28.8 Å². The molecule has 0 aliphatic carbocycles. The van der Waals surface area contributed by atoms with Crippen molar-refractivity contribution < 1.29 is 14.3 Å². The minimum Gasteiger partial charge on any atom is -0.490 e. The van der Waals surface area contributed by atoms with E-state index in [4.69, 9.17) is 14.6 Å². The molecule has 7 nitrogen and oxygen atoms in total. The van der Waals surface area contributed by atoms with Gasteiger partial charge >= 0.3 is 0 Å². The monoisotopic (exact) mass is 468 g/mol. The molecule has 2 aromatic carbocycles. The number of nitrogens with one attached hydrogen (secondary N) is 1. The molecule has 0 radical (unpaired) electrons. The zero-order valence-corrected chi connectivity index (χ0v) is 19.7. The van der Waals surface area contributed by atoms with Gasteiger partial charge in [0.15, 0.2) is 0 Å². The molecular weight excluding hydrogens is 440 g/mol. The molecule has 1 aliphatic rings. The summed E-state index contributed by atoms with van der Waals surface area (Å²) < 4.78 is 13.0.